The monoisotopic (exact) mass is 365 g/mol. The Kier molecular flexibility index (Phi) is 3.96. The molecule has 0 aliphatic rings. The number of nitrogens with zero attached hydrogens (tertiary/aromatic N) is 1. The third kappa shape index (κ3) is 2.34. The van der Waals surface area contributed by atoms with Crippen LogP contribution in [0.4, 0.5) is 13.2 Å². The van der Waals surface area contributed by atoms with Crippen LogP contribution in [0, 0.1) is 9.39 Å². The summed E-state index contributed by atoms with van der Waals surface area (Å²) in [6.45, 7) is 0. The fraction of sp³-hybridized carbons (Fsp3) is 0.286. The van der Waals surface area contributed by atoms with Gasteiger partial charge >= 0.3 is 0 Å². The van der Waals surface area contributed by atoms with E-state index in [1.807, 2.05) is 0 Å². The first-order valence-electron chi connectivity index (χ1n) is 3.24. The Morgan fingerprint density at radius 3 is 2.62 bits per heavy atom. The molecule has 1 aromatic heterocycles. The Morgan fingerprint density at radius 2 is 2.15 bits per heavy atom. The first-order chi connectivity index (χ1) is 6.07. The summed E-state index contributed by atoms with van der Waals surface area (Å²) in [5, 5.41) is 0.134. The standard InChI is InChI=1S/C7H4BrF3IN/c8-1-4-6(9)5(7(10)11)3(12)2-13-4/h2,7H,1H2. The lowest BCUT2D eigenvalue weighted by atomic mass is 10.2. The van der Waals surface area contributed by atoms with E-state index < -0.39 is 17.8 Å². The van der Waals surface area contributed by atoms with Gasteiger partial charge in [0.15, 0.2) is 5.82 Å². The van der Waals surface area contributed by atoms with Crippen molar-refractivity contribution >= 4 is 38.5 Å². The van der Waals surface area contributed by atoms with E-state index in [4.69, 9.17) is 0 Å². The van der Waals surface area contributed by atoms with Gasteiger partial charge in [-0.1, -0.05) is 15.9 Å². The summed E-state index contributed by atoms with van der Waals surface area (Å²) in [4.78, 5) is 3.68. The van der Waals surface area contributed by atoms with E-state index in [0.717, 1.165) is 0 Å². The zero-order valence-electron chi connectivity index (χ0n) is 6.20. The van der Waals surface area contributed by atoms with E-state index in [-0.39, 0.29) is 14.6 Å². The molecule has 0 radical (unpaired) electrons. The Morgan fingerprint density at radius 1 is 1.54 bits per heavy atom. The number of pyridine rings is 1. The fourth-order valence-electron chi connectivity index (χ4n) is 0.814. The van der Waals surface area contributed by atoms with Crippen LogP contribution in [0.5, 0.6) is 0 Å². The molecule has 0 fully saturated rings. The first-order valence-corrected chi connectivity index (χ1v) is 5.44. The average Bonchev–Trinajstić information content (AvgIpc) is 2.04. The van der Waals surface area contributed by atoms with Crippen LogP contribution >= 0.6 is 38.5 Å². The molecule has 0 aliphatic heterocycles. The molecule has 0 bridgehead atoms. The highest BCUT2D eigenvalue weighted by atomic mass is 127. The summed E-state index contributed by atoms with van der Waals surface area (Å²) in [7, 11) is 0. The van der Waals surface area contributed by atoms with Crippen LogP contribution in [0.25, 0.3) is 0 Å². The van der Waals surface area contributed by atoms with Gasteiger partial charge in [0, 0.05) is 15.1 Å². The van der Waals surface area contributed by atoms with Gasteiger partial charge in [0.25, 0.3) is 6.43 Å². The SMILES string of the molecule is Fc1c(CBr)ncc(I)c1C(F)F. The maximum Gasteiger partial charge on any atom is 0.267 e. The van der Waals surface area contributed by atoms with Crippen LogP contribution in [0.3, 0.4) is 0 Å². The van der Waals surface area contributed by atoms with Crippen molar-refractivity contribution in [3.05, 3.63) is 26.8 Å². The number of hydrogen-bond acceptors (Lipinski definition) is 1. The highest BCUT2D eigenvalue weighted by Gasteiger charge is 2.20. The molecule has 13 heavy (non-hydrogen) atoms. The Labute approximate surface area is 95.0 Å². The lowest BCUT2D eigenvalue weighted by Crippen LogP contribution is -2.01. The molecule has 0 saturated heterocycles. The Hall–Kier alpha value is 0.150. The molecule has 72 valence electrons. The molecule has 0 aliphatic carbocycles. The molecule has 1 rings (SSSR count). The van der Waals surface area contributed by atoms with E-state index in [1.54, 1.807) is 22.6 Å². The van der Waals surface area contributed by atoms with E-state index in [0.29, 0.717) is 0 Å². The molecule has 0 atom stereocenters. The topological polar surface area (TPSA) is 12.9 Å². The number of hydrogen-bond donors (Lipinski definition) is 0. The second-order valence-corrected chi connectivity index (χ2v) is 3.94. The van der Waals surface area contributed by atoms with E-state index in [2.05, 4.69) is 20.9 Å². The summed E-state index contributed by atoms with van der Waals surface area (Å²) < 4.78 is 38.0. The molecule has 0 unspecified atom stereocenters. The third-order valence-electron chi connectivity index (χ3n) is 1.43. The van der Waals surface area contributed by atoms with Crippen LogP contribution in [0.15, 0.2) is 6.20 Å². The summed E-state index contributed by atoms with van der Waals surface area (Å²) >= 11 is 4.60. The highest BCUT2D eigenvalue weighted by molar-refractivity contribution is 14.1. The summed E-state index contributed by atoms with van der Waals surface area (Å²) in [5.74, 6) is -0.918. The molecule has 1 aromatic rings. The van der Waals surface area contributed by atoms with Gasteiger partial charge in [0.2, 0.25) is 0 Å². The maximum absolute atomic E-state index is 13.2. The lowest BCUT2D eigenvalue weighted by molar-refractivity contribution is 0.145. The van der Waals surface area contributed by atoms with Gasteiger partial charge in [-0.2, -0.15) is 0 Å². The van der Waals surface area contributed by atoms with Crippen molar-refractivity contribution < 1.29 is 13.2 Å². The minimum Gasteiger partial charge on any atom is -0.256 e. The molecule has 0 aromatic carbocycles. The van der Waals surface area contributed by atoms with Gasteiger partial charge in [-0.3, -0.25) is 4.98 Å². The molecular weight excluding hydrogens is 362 g/mol. The van der Waals surface area contributed by atoms with Crippen molar-refractivity contribution in [3.8, 4) is 0 Å². The first kappa shape index (κ1) is 11.2. The number of rotatable bonds is 2. The molecule has 0 amide bonds. The van der Waals surface area contributed by atoms with Crippen LogP contribution in [0.1, 0.15) is 17.7 Å². The Balaban J connectivity index is 3.30. The summed E-state index contributed by atoms with van der Waals surface area (Å²) in [5.41, 5.74) is -0.555. The van der Waals surface area contributed by atoms with Gasteiger partial charge < -0.3 is 0 Å². The van der Waals surface area contributed by atoms with Crippen molar-refractivity contribution in [2.75, 3.05) is 0 Å². The quantitative estimate of drug-likeness (QED) is 0.575. The second kappa shape index (κ2) is 4.59. The largest absolute Gasteiger partial charge is 0.267 e. The second-order valence-electron chi connectivity index (χ2n) is 2.21. The van der Waals surface area contributed by atoms with Gasteiger partial charge in [-0.15, -0.1) is 0 Å². The van der Waals surface area contributed by atoms with Gasteiger partial charge in [-0.25, -0.2) is 13.2 Å². The van der Waals surface area contributed by atoms with Crippen LogP contribution in [-0.2, 0) is 5.33 Å². The van der Waals surface area contributed by atoms with Crippen molar-refractivity contribution in [3.63, 3.8) is 0 Å². The summed E-state index contributed by atoms with van der Waals surface area (Å²) in [6.07, 6.45) is -1.56. The van der Waals surface area contributed by atoms with E-state index in [1.165, 1.54) is 6.20 Å². The van der Waals surface area contributed by atoms with Gasteiger partial charge in [0.05, 0.1) is 11.3 Å². The predicted molar refractivity (Wildman–Crippen MR) is 54.5 cm³/mol. The van der Waals surface area contributed by atoms with Gasteiger partial charge in [-0.05, 0) is 22.6 Å². The molecular formula is C7H4BrF3IN. The smallest absolute Gasteiger partial charge is 0.256 e. The molecule has 0 saturated carbocycles. The molecule has 1 nitrogen and oxygen atoms in total. The Bertz CT molecular complexity index is 319. The van der Waals surface area contributed by atoms with E-state index >= 15 is 0 Å². The highest BCUT2D eigenvalue weighted by Crippen LogP contribution is 2.28. The normalized spacial score (nSPS) is 10.9. The molecule has 0 N–H and O–H groups in total. The average molecular weight is 366 g/mol. The molecule has 6 heteroatoms. The third-order valence-corrected chi connectivity index (χ3v) is 2.82. The number of aromatic nitrogens is 1. The van der Waals surface area contributed by atoms with Gasteiger partial charge in [0.1, 0.15) is 0 Å². The maximum atomic E-state index is 13.2. The van der Waals surface area contributed by atoms with Crippen molar-refractivity contribution in [2.45, 2.75) is 11.8 Å². The minimum absolute atomic E-state index is 0.00992. The van der Waals surface area contributed by atoms with E-state index in [9.17, 15) is 13.2 Å². The van der Waals surface area contributed by atoms with Crippen LogP contribution in [-0.4, -0.2) is 4.98 Å². The zero-order valence-corrected chi connectivity index (χ0v) is 9.94. The summed E-state index contributed by atoms with van der Waals surface area (Å²) in [6, 6.07) is 0. The fourth-order valence-corrected chi connectivity index (χ4v) is 1.82. The predicted octanol–water partition coefficient (Wildman–Crippen LogP) is 3.66. The van der Waals surface area contributed by atoms with Crippen molar-refractivity contribution in [1.29, 1.82) is 0 Å². The number of alkyl halides is 3. The molecule has 1 heterocycles. The molecule has 0 spiro atoms. The zero-order chi connectivity index (χ0) is 10.0. The minimum atomic E-state index is -2.80. The lowest BCUT2D eigenvalue weighted by Gasteiger charge is -2.06. The van der Waals surface area contributed by atoms with Crippen molar-refractivity contribution in [1.82, 2.24) is 4.98 Å². The van der Waals surface area contributed by atoms with Crippen LogP contribution in [0.2, 0.25) is 0 Å². The number of halogens is 5. The van der Waals surface area contributed by atoms with Crippen LogP contribution < -0.4 is 0 Å². The van der Waals surface area contributed by atoms with Crippen molar-refractivity contribution in [2.24, 2.45) is 0 Å².